The molecule has 0 atom stereocenters. The highest BCUT2D eigenvalue weighted by atomic mass is 16.5. The van der Waals surface area contributed by atoms with Crippen molar-refractivity contribution in [1.82, 2.24) is 14.9 Å². The van der Waals surface area contributed by atoms with Crippen molar-refractivity contribution in [2.24, 2.45) is 4.99 Å². The maximum Gasteiger partial charge on any atom is 0.195 e. The van der Waals surface area contributed by atoms with Crippen molar-refractivity contribution in [2.45, 2.75) is 26.4 Å². The molecule has 7 heteroatoms. The van der Waals surface area contributed by atoms with E-state index in [0.29, 0.717) is 30.6 Å². The maximum atomic E-state index is 5.57. The van der Waals surface area contributed by atoms with E-state index >= 15 is 0 Å². The molecule has 0 aliphatic rings. The zero-order valence-corrected chi connectivity index (χ0v) is 17.8. The lowest BCUT2D eigenvalue weighted by Crippen LogP contribution is -2.31. The van der Waals surface area contributed by atoms with Crippen LogP contribution in [0.25, 0.3) is 0 Å². The molecule has 2 aromatic carbocycles. The first-order chi connectivity index (χ1) is 14.7. The lowest BCUT2D eigenvalue weighted by molar-refractivity contribution is 0.311. The predicted molar refractivity (Wildman–Crippen MR) is 120 cm³/mol. The van der Waals surface area contributed by atoms with Crippen molar-refractivity contribution in [3.05, 3.63) is 72.3 Å². The topological polar surface area (TPSA) is 72.7 Å². The van der Waals surface area contributed by atoms with E-state index in [1.54, 1.807) is 14.2 Å². The summed E-state index contributed by atoms with van der Waals surface area (Å²) in [5.41, 5.74) is 2.17. The quantitative estimate of drug-likeness (QED) is 0.418. The number of rotatable bonds is 9. The highest BCUT2D eigenvalue weighted by molar-refractivity contribution is 5.93. The normalized spacial score (nSPS) is 11.2. The van der Waals surface area contributed by atoms with E-state index in [1.807, 2.05) is 43.6 Å². The van der Waals surface area contributed by atoms with Crippen LogP contribution in [0.2, 0.25) is 0 Å². The lowest BCUT2D eigenvalue weighted by Gasteiger charge is -2.15. The first-order valence-electron chi connectivity index (χ1n) is 10.1. The minimum atomic E-state index is 0.565. The number of methoxy groups -OCH3 is 1. The smallest absolute Gasteiger partial charge is 0.195 e. The van der Waals surface area contributed by atoms with Crippen LogP contribution in [0.15, 0.2) is 65.9 Å². The van der Waals surface area contributed by atoms with E-state index in [2.05, 4.69) is 49.4 Å². The molecule has 0 bridgehead atoms. The van der Waals surface area contributed by atoms with Crippen LogP contribution in [-0.4, -0.2) is 36.3 Å². The van der Waals surface area contributed by atoms with Gasteiger partial charge in [-0.15, -0.1) is 0 Å². The van der Waals surface area contributed by atoms with Crippen LogP contribution in [-0.2, 0) is 19.5 Å². The van der Waals surface area contributed by atoms with Crippen molar-refractivity contribution >= 4 is 11.6 Å². The molecule has 0 unspecified atom stereocenters. The Morgan fingerprint density at radius 2 is 1.97 bits per heavy atom. The minimum Gasteiger partial charge on any atom is -0.493 e. The summed E-state index contributed by atoms with van der Waals surface area (Å²) in [6.07, 6.45) is 4.80. The largest absolute Gasteiger partial charge is 0.493 e. The Hall–Kier alpha value is -3.48. The molecular weight excluding hydrogens is 378 g/mol. The molecule has 0 amide bonds. The van der Waals surface area contributed by atoms with E-state index in [-0.39, 0.29) is 0 Å². The SMILES string of the molecule is CCOc1ccc(NC(=NC)NCc2nccn2CCc2ccccc2)cc1OC. The van der Waals surface area contributed by atoms with Crippen LogP contribution in [0.5, 0.6) is 11.5 Å². The minimum absolute atomic E-state index is 0.565. The zero-order valence-electron chi connectivity index (χ0n) is 17.8. The van der Waals surface area contributed by atoms with E-state index in [9.17, 15) is 0 Å². The third kappa shape index (κ3) is 5.76. The number of aromatic nitrogens is 2. The molecule has 1 aromatic heterocycles. The fourth-order valence-electron chi connectivity index (χ4n) is 3.10. The molecule has 3 aromatic rings. The van der Waals surface area contributed by atoms with Crippen molar-refractivity contribution in [1.29, 1.82) is 0 Å². The van der Waals surface area contributed by atoms with Crippen LogP contribution >= 0.6 is 0 Å². The summed E-state index contributed by atoms with van der Waals surface area (Å²) in [6.45, 7) is 3.98. The molecule has 0 saturated carbocycles. The molecular formula is C23H29N5O2. The van der Waals surface area contributed by atoms with Gasteiger partial charge in [0, 0.05) is 37.7 Å². The Kier molecular flexibility index (Phi) is 7.71. The molecule has 3 rings (SSSR count). The van der Waals surface area contributed by atoms with Gasteiger partial charge in [0.15, 0.2) is 17.5 Å². The molecule has 1 heterocycles. The first kappa shape index (κ1) is 21.2. The highest BCUT2D eigenvalue weighted by Gasteiger charge is 2.08. The second kappa shape index (κ2) is 10.9. The number of imidazole rings is 1. The molecule has 7 nitrogen and oxygen atoms in total. The van der Waals surface area contributed by atoms with Crippen LogP contribution in [0.1, 0.15) is 18.3 Å². The Morgan fingerprint density at radius 1 is 1.13 bits per heavy atom. The van der Waals surface area contributed by atoms with E-state index in [0.717, 1.165) is 24.5 Å². The maximum absolute atomic E-state index is 5.57. The number of aliphatic imine (C=N–C) groups is 1. The number of guanidine groups is 1. The van der Waals surface area contributed by atoms with Gasteiger partial charge in [0.25, 0.3) is 0 Å². The number of nitrogens with zero attached hydrogens (tertiary/aromatic N) is 3. The van der Waals surface area contributed by atoms with Gasteiger partial charge >= 0.3 is 0 Å². The standard InChI is InChI=1S/C23H29N5O2/c1-4-30-20-11-10-19(16-21(20)29-3)27-23(24-2)26-17-22-25-13-15-28(22)14-12-18-8-6-5-7-9-18/h5-11,13,15-16H,4,12,14,17H2,1-3H3,(H2,24,26,27). The second-order valence-corrected chi connectivity index (χ2v) is 6.62. The molecule has 30 heavy (non-hydrogen) atoms. The summed E-state index contributed by atoms with van der Waals surface area (Å²) < 4.78 is 13.1. The number of anilines is 1. The summed E-state index contributed by atoms with van der Waals surface area (Å²) in [5.74, 6) is 3.00. The van der Waals surface area contributed by atoms with Crippen LogP contribution < -0.4 is 20.1 Å². The third-order valence-electron chi connectivity index (χ3n) is 4.65. The Balaban J connectivity index is 1.58. The molecule has 158 valence electrons. The van der Waals surface area contributed by atoms with E-state index in [1.165, 1.54) is 5.56 Å². The van der Waals surface area contributed by atoms with Gasteiger partial charge in [-0.05, 0) is 31.0 Å². The monoisotopic (exact) mass is 407 g/mol. The summed E-state index contributed by atoms with van der Waals surface area (Å²) in [7, 11) is 3.37. The third-order valence-corrected chi connectivity index (χ3v) is 4.65. The zero-order chi connectivity index (χ0) is 21.2. The van der Waals surface area contributed by atoms with Crippen molar-refractivity contribution in [3.63, 3.8) is 0 Å². The summed E-state index contributed by atoms with van der Waals surface area (Å²) in [5, 5.41) is 6.60. The molecule has 0 spiro atoms. The Bertz CT molecular complexity index is 953. The molecule has 0 saturated heterocycles. The van der Waals surface area contributed by atoms with Gasteiger partial charge in [-0.1, -0.05) is 30.3 Å². The average molecular weight is 408 g/mol. The molecule has 0 aliphatic heterocycles. The molecule has 0 aliphatic carbocycles. The molecule has 2 N–H and O–H groups in total. The van der Waals surface area contributed by atoms with Gasteiger partial charge in [0.1, 0.15) is 5.82 Å². The number of aryl methyl sites for hydroxylation is 2. The fraction of sp³-hybridized carbons (Fsp3) is 0.304. The first-order valence-corrected chi connectivity index (χ1v) is 10.1. The average Bonchev–Trinajstić information content (AvgIpc) is 3.24. The number of hydrogen-bond donors (Lipinski definition) is 2. The van der Waals surface area contributed by atoms with Crippen LogP contribution in [0, 0.1) is 0 Å². The Labute approximate surface area is 177 Å². The van der Waals surface area contributed by atoms with Crippen LogP contribution in [0.4, 0.5) is 5.69 Å². The summed E-state index contributed by atoms with van der Waals surface area (Å²) in [6, 6.07) is 16.2. The van der Waals surface area contributed by atoms with Crippen molar-refractivity contribution < 1.29 is 9.47 Å². The highest BCUT2D eigenvalue weighted by Crippen LogP contribution is 2.30. The van der Waals surface area contributed by atoms with Gasteiger partial charge in [-0.3, -0.25) is 4.99 Å². The lowest BCUT2D eigenvalue weighted by atomic mass is 10.1. The van der Waals surface area contributed by atoms with Gasteiger partial charge in [-0.25, -0.2) is 4.98 Å². The predicted octanol–water partition coefficient (Wildman–Crippen LogP) is 3.72. The van der Waals surface area contributed by atoms with Crippen molar-refractivity contribution in [2.75, 3.05) is 26.1 Å². The van der Waals surface area contributed by atoms with Gasteiger partial charge in [0.05, 0.1) is 20.3 Å². The number of nitrogens with one attached hydrogen (secondary N) is 2. The fourth-order valence-corrected chi connectivity index (χ4v) is 3.10. The van der Waals surface area contributed by atoms with Gasteiger partial charge in [0.2, 0.25) is 0 Å². The second-order valence-electron chi connectivity index (χ2n) is 6.62. The van der Waals surface area contributed by atoms with Crippen LogP contribution in [0.3, 0.4) is 0 Å². The van der Waals surface area contributed by atoms with E-state index in [4.69, 9.17) is 9.47 Å². The summed E-state index contributed by atoms with van der Waals surface area (Å²) in [4.78, 5) is 8.79. The molecule has 0 fully saturated rings. The van der Waals surface area contributed by atoms with Crippen molar-refractivity contribution in [3.8, 4) is 11.5 Å². The number of benzene rings is 2. The Morgan fingerprint density at radius 3 is 2.70 bits per heavy atom. The summed E-state index contributed by atoms with van der Waals surface area (Å²) >= 11 is 0. The van der Waals surface area contributed by atoms with Gasteiger partial charge < -0.3 is 24.7 Å². The van der Waals surface area contributed by atoms with Gasteiger partial charge in [-0.2, -0.15) is 0 Å². The number of ether oxygens (including phenoxy) is 2. The number of hydrogen-bond acceptors (Lipinski definition) is 4. The van der Waals surface area contributed by atoms with E-state index < -0.39 is 0 Å². The molecule has 0 radical (unpaired) electrons.